The molecule has 4 heterocycles. The topological polar surface area (TPSA) is 93.4 Å². The van der Waals surface area contributed by atoms with Crippen molar-refractivity contribution >= 4 is 22.8 Å². The predicted octanol–water partition coefficient (Wildman–Crippen LogP) is 2.75. The molecule has 8 nitrogen and oxygen atoms in total. The Bertz CT molecular complexity index is 1130. The van der Waals surface area contributed by atoms with Crippen molar-refractivity contribution in [2.45, 2.75) is 32.7 Å². The number of fused-ring (bicyclic) bond motifs is 2. The van der Waals surface area contributed by atoms with Gasteiger partial charge in [0.15, 0.2) is 0 Å². The average molecular weight is 361 g/mol. The summed E-state index contributed by atoms with van der Waals surface area (Å²) in [6, 6.07) is 7.81. The van der Waals surface area contributed by atoms with E-state index >= 15 is 0 Å². The monoisotopic (exact) mass is 361 g/mol. The number of amides is 1. The molecule has 0 fully saturated rings. The number of para-hydroxylation sites is 2. The molecule has 136 valence electrons. The third-order valence-electron chi connectivity index (χ3n) is 5.06. The molecule has 0 spiro atoms. The summed E-state index contributed by atoms with van der Waals surface area (Å²) in [5.41, 5.74) is 4.71. The smallest absolute Gasteiger partial charge is 0.231 e. The van der Waals surface area contributed by atoms with Crippen molar-refractivity contribution in [2.75, 3.05) is 5.32 Å². The minimum Gasteiger partial charge on any atom is -0.322 e. The Labute approximate surface area is 155 Å². The third-order valence-corrected chi connectivity index (χ3v) is 5.06. The number of anilines is 1. The van der Waals surface area contributed by atoms with Crippen LogP contribution in [0.3, 0.4) is 0 Å². The maximum Gasteiger partial charge on any atom is 0.231 e. The summed E-state index contributed by atoms with van der Waals surface area (Å²) in [7, 11) is 0. The molecule has 1 aliphatic rings. The van der Waals surface area contributed by atoms with Crippen LogP contribution in [0.2, 0.25) is 0 Å². The zero-order valence-corrected chi connectivity index (χ0v) is 15.1. The second kappa shape index (κ2) is 5.80. The number of nitrogens with zero attached hydrogens (tertiary/aromatic N) is 5. The number of benzene rings is 1. The van der Waals surface area contributed by atoms with Gasteiger partial charge in [-0.2, -0.15) is 14.9 Å². The highest BCUT2D eigenvalue weighted by atomic mass is 16.1. The van der Waals surface area contributed by atoms with Crippen molar-refractivity contribution in [3.8, 4) is 5.95 Å². The van der Waals surface area contributed by atoms with Gasteiger partial charge in [-0.3, -0.25) is 9.48 Å². The molecular weight excluding hydrogens is 342 g/mol. The average Bonchev–Trinajstić information content (AvgIpc) is 3.37. The van der Waals surface area contributed by atoms with Crippen molar-refractivity contribution in [3.05, 3.63) is 53.5 Å². The molecule has 0 saturated heterocycles. The van der Waals surface area contributed by atoms with Gasteiger partial charge in [0, 0.05) is 30.6 Å². The Morgan fingerprint density at radius 1 is 1.30 bits per heavy atom. The van der Waals surface area contributed by atoms with E-state index in [1.165, 1.54) is 0 Å². The van der Waals surface area contributed by atoms with E-state index in [2.05, 4.69) is 25.5 Å². The van der Waals surface area contributed by atoms with E-state index in [1.54, 1.807) is 4.68 Å². The number of carbonyl (C=O) groups excluding carboxylic acids is 1. The van der Waals surface area contributed by atoms with E-state index < -0.39 is 0 Å². The van der Waals surface area contributed by atoms with E-state index in [0.717, 1.165) is 34.4 Å². The number of aromatic amines is 1. The lowest BCUT2D eigenvalue weighted by Crippen LogP contribution is -2.25. The molecule has 8 heteroatoms. The van der Waals surface area contributed by atoms with Crippen LogP contribution in [0, 0.1) is 6.92 Å². The number of aromatic nitrogens is 6. The van der Waals surface area contributed by atoms with Crippen LogP contribution in [0.5, 0.6) is 0 Å². The number of imidazole rings is 1. The Morgan fingerprint density at radius 3 is 2.93 bits per heavy atom. The molecular formula is C19H19N7O. The first-order valence-corrected chi connectivity index (χ1v) is 9.01. The number of aryl methyl sites for hydroxylation is 2. The van der Waals surface area contributed by atoms with Crippen LogP contribution in [0.25, 0.3) is 17.0 Å². The molecule has 3 aromatic heterocycles. The molecule has 5 rings (SSSR count). The van der Waals surface area contributed by atoms with Gasteiger partial charge in [-0.05, 0) is 31.5 Å². The highest BCUT2D eigenvalue weighted by Gasteiger charge is 2.33. The van der Waals surface area contributed by atoms with Crippen LogP contribution in [-0.2, 0) is 11.3 Å². The standard InChI is InChI=1S/C19H19N7O/c1-3-25-10-12(9-20-25)13-8-16(27)23-18-17(13)11(2)24-26(18)19-21-14-6-4-5-7-15(14)22-19/h4-7,9-10,13H,3,8H2,1-2H3,(H,21,22)(H,23,27)/t13-/m1/s1. The Balaban J connectivity index is 1.66. The van der Waals surface area contributed by atoms with Crippen molar-refractivity contribution in [1.29, 1.82) is 0 Å². The second-order valence-electron chi connectivity index (χ2n) is 6.77. The number of rotatable bonds is 3. The van der Waals surface area contributed by atoms with Gasteiger partial charge in [0.1, 0.15) is 5.82 Å². The van der Waals surface area contributed by atoms with E-state index in [4.69, 9.17) is 0 Å². The van der Waals surface area contributed by atoms with Crippen LogP contribution >= 0.6 is 0 Å². The van der Waals surface area contributed by atoms with Gasteiger partial charge in [-0.1, -0.05) is 12.1 Å². The SMILES string of the molecule is CCn1cc([C@H]2CC(=O)Nc3c2c(C)nn3-c2nc3ccccc3[nH]2)cn1. The molecule has 0 unspecified atom stereocenters. The zero-order chi connectivity index (χ0) is 18.5. The van der Waals surface area contributed by atoms with E-state index in [9.17, 15) is 4.79 Å². The van der Waals surface area contributed by atoms with E-state index in [0.29, 0.717) is 18.2 Å². The lowest BCUT2D eigenvalue weighted by Gasteiger charge is -2.22. The first-order chi connectivity index (χ1) is 13.1. The minimum atomic E-state index is -0.0628. The van der Waals surface area contributed by atoms with Crippen molar-refractivity contribution in [1.82, 2.24) is 29.5 Å². The summed E-state index contributed by atoms with van der Waals surface area (Å²) in [4.78, 5) is 20.3. The second-order valence-corrected chi connectivity index (χ2v) is 6.77. The number of carbonyl (C=O) groups is 1. The summed E-state index contributed by atoms with van der Waals surface area (Å²) in [5.74, 6) is 1.17. The first kappa shape index (κ1) is 15.8. The van der Waals surface area contributed by atoms with Crippen LogP contribution in [0.15, 0.2) is 36.7 Å². The van der Waals surface area contributed by atoms with Gasteiger partial charge >= 0.3 is 0 Å². The van der Waals surface area contributed by atoms with Crippen molar-refractivity contribution < 1.29 is 4.79 Å². The number of hydrogen-bond acceptors (Lipinski definition) is 4. The van der Waals surface area contributed by atoms with Crippen molar-refractivity contribution in [2.24, 2.45) is 0 Å². The maximum atomic E-state index is 12.4. The highest BCUT2D eigenvalue weighted by Crippen LogP contribution is 2.39. The predicted molar refractivity (Wildman–Crippen MR) is 101 cm³/mol. The fraction of sp³-hybridized carbons (Fsp3) is 0.263. The molecule has 0 saturated carbocycles. The molecule has 0 radical (unpaired) electrons. The minimum absolute atomic E-state index is 0.0333. The van der Waals surface area contributed by atoms with Gasteiger partial charge in [0.2, 0.25) is 11.9 Å². The molecule has 0 bridgehead atoms. The Hall–Kier alpha value is -3.42. The van der Waals surface area contributed by atoms with E-state index in [1.807, 2.05) is 55.2 Å². The molecule has 2 N–H and O–H groups in total. The number of H-pyrrole nitrogens is 1. The molecule has 1 atom stereocenters. The molecule has 27 heavy (non-hydrogen) atoms. The summed E-state index contributed by atoms with van der Waals surface area (Å²) < 4.78 is 3.57. The largest absolute Gasteiger partial charge is 0.322 e. The van der Waals surface area contributed by atoms with Crippen LogP contribution in [-0.4, -0.2) is 35.4 Å². The lowest BCUT2D eigenvalue weighted by atomic mass is 9.87. The van der Waals surface area contributed by atoms with Crippen molar-refractivity contribution in [3.63, 3.8) is 0 Å². The maximum absolute atomic E-state index is 12.4. The van der Waals surface area contributed by atoms with Gasteiger partial charge in [0.05, 0.1) is 22.9 Å². The molecule has 0 aliphatic carbocycles. The molecule has 4 aromatic rings. The Kier molecular flexibility index (Phi) is 3.40. The Morgan fingerprint density at radius 2 is 2.15 bits per heavy atom. The quantitative estimate of drug-likeness (QED) is 0.587. The summed E-state index contributed by atoms with van der Waals surface area (Å²) in [6.45, 7) is 4.80. The third kappa shape index (κ3) is 2.44. The van der Waals surface area contributed by atoms with Crippen LogP contribution in [0.4, 0.5) is 5.82 Å². The van der Waals surface area contributed by atoms with Crippen LogP contribution < -0.4 is 5.32 Å². The molecule has 1 aromatic carbocycles. The first-order valence-electron chi connectivity index (χ1n) is 9.01. The van der Waals surface area contributed by atoms with Gasteiger partial charge in [0.25, 0.3) is 0 Å². The van der Waals surface area contributed by atoms with Gasteiger partial charge in [-0.15, -0.1) is 0 Å². The zero-order valence-electron chi connectivity index (χ0n) is 15.1. The summed E-state index contributed by atoms with van der Waals surface area (Å²) >= 11 is 0. The fourth-order valence-corrected chi connectivity index (χ4v) is 3.76. The lowest BCUT2D eigenvalue weighted by molar-refractivity contribution is -0.116. The van der Waals surface area contributed by atoms with Gasteiger partial charge < -0.3 is 10.3 Å². The number of nitrogens with one attached hydrogen (secondary N) is 2. The number of hydrogen-bond donors (Lipinski definition) is 2. The summed E-state index contributed by atoms with van der Waals surface area (Å²) in [5, 5.41) is 12.0. The molecule has 1 aliphatic heterocycles. The molecule has 1 amide bonds. The van der Waals surface area contributed by atoms with E-state index in [-0.39, 0.29) is 11.8 Å². The van der Waals surface area contributed by atoms with Gasteiger partial charge in [-0.25, -0.2) is 4.98 Å². The van der Waals surface area contributed by atoms with Crippen LogP contribution in [0.1, 0.15) is 36.1 Å². The summed E-state index contributed by atoms with van der Waals surface area (Å²) in [6.07, 6.45) is 4.23. The fourth-order valence-electron chi connectivity index (χ4n) is 3.76. The normalized spacial score (nSPS) is 16.5. The highest BCUT2D eigenvalue weighted by molar-refractivity contribution is 5.95.